The van der Waals surface area contributed by atoms with Crippen LogP contribution in [0, 0.1) is 0 Å². The molecule has 0 bridgehead atoms. The second kappa shape index (κ2) is 5.69. The molecule has 2 N–H and O–H groups in total. The molecule has 1 atom stereocenters. The van der Waals surface area contributed by atoms with Crippen LogP contribution in [0.25, 0.3) is 0 Å². The van der Waals surface area contributed by atoms with Gasteiger partial charge in [-0.25, -0.2) is 4.72 Å². The van der Waals surface area contributed by atoms with Crippen molar-refractivity contribution in [3.63, 3.8) is 0 Å². The predicted molar refractivity (Wildman–Crippen MR) is 51.9 cm³/mol. The van der Waals surface area contributed by atoms with Crippen molar-refractivity contribution in [3.8, 4) is 0 Å². The van der Waals surface area contributed by atoms with Crippen molar-refractivity contribution in [1.82, 2.24) is 4.72 Å². The molecule has 0 fully saturated rings. The molecule has 0 saturated heterocycles. The lowest BCUT2D eigenvalue weighted by Crippen LogP contribution is -2.23. The maximum Gasteiger partial charge on any atom is 0.0340 e. The summed E-state index contributed by atoms with van der Waals surface area (Å²) in [5.74, 6) is 0. The van der Waals surface area contributed by atoms with E-state index >= 15 is 0 Å². The van der Waals surface area contributed by atoms with Gasteiger partial charge in [-0.15, -0.1) is 0 Å². The summed E-state index contributed by atoms with van der Waals surface area (Å²) in [5, 5.41) is 3.06. The molecule has 1 aromatic carbocycles. The monoisotopic (exact) mass is 199 g/mol. The van der Waals surface area contributed by atoms with Crippen molar-refractivity contribution >= 4 is 17.0 Å². The second-order valence-electron chi connectivity index (χ2n) is 2.42. The molecule has 1 aromatic rings. The van der Waals surface area contributed by atoms with E-state index < -0.39 is 11.3 Å². The number of anilines is 1. The van der Waals surface area contributed by atoms with Gasteiger partial charge < -0.3 is 9.87 Å². The molecule has 0 aliphatic rings. The van der Waals surface area contributed by atoms with Crippen LogP contribution in [-0.4, -0.2) is 21.9 Å². The lowest BCUT2D eigenvalue weighted by Gasteiger charge is -2.08. The van der Waals surface area contributed by atoms with Gasteiger partial charge in [0.05, 0.1) is 0 Å². The first-order valence-electron chi connectivity index (χ1n) is 3.91. The van der Waals surface area contributed by atoms with Crippen molar-refractivity contribution in [2.75, 3.05) is 18.4 Å². The summed E-state index contributed by atoms with van der Waals surface area (Å²) in [7, 11) is 0. The molecular formula is C8H11N2O2S-. The van der Waals surface area contributed by atoms with Gasteiger partial charge in [0.2, 0.25) is 0 Å². The number of hydrogen-bond acceptors (Lipinski definition) is 3. The Bertz CT molecular complexity index is 266. The minimum absolute atomic E-state index is 0.394. The minimum Gasteiger partial charge on any atom is -0.760 e. The van der Waals surface area contributed by atoms with Gasteiger partial charge in [0.1, 0.15) is 0 Å². The zero-order valence-electron chi connectivity index (χ0n) is 7.03. The summed E-state index contributed by atoms with van der Waals surface area (Å²) < 4.78 is 22.4. The summed E-state index contributed by atoms with van der Waals surface area (Å²) in [4.78, 5) is 0. The number of benzene rings is 1. The van der Waals surface area contributed by atoms with Gasteiger partial charge in [0, 0.05) is 30.0 Å². The molecule has 0 aromatic heterocycles. The molecule has 13 heavy (non-hydrogen) atoms. The number of para-hydroxylation sites is 1. The van der Waals surface area contributed by atoms with Crippen LogP contribution in [0.3, 0.4) is 0 Å². The van der Waals surface area contributed by atoms with Crippen LogP contribution in [0.1, 0.15) is 0 Å². The maximum atomic E-state index is 10.1. The normalized spacial score (nSPS) is 12.4. The number of rotatable bonds is 5. The van der Waals surface area contributed by atoms with E-state index in [2.05, 4.69) is 10.0 Å². The first kappa shape index (κ1) is 10.2. The van der Waals surface area contributed by atoms with Gasteiger partial charge in [-0.1, -0.05) is 18.2 Å². The zero-order chi connectivity index (χ0) is 9.52. The van der Waals surface area contributed by atoms with Crippen molar-refractivity contribution in [2.24, 2.45) is 0 Å². The van der Waals surface area contributed by atoms with Crippen LogP contribution >= 0.6 is 0 Å². The third-order valence-electron chi connectivity index (χ3n) is 1.45. The van der Waals surface area contributed by atoms with Gasteiger partial charge in [0.15, 0.2) is 0 Å². The third kappa shape index (κ3) is 4.62. The zero-order valence-corrected chi connectivity index (χ0v) is 7.84. The largest absolute Gasteiger partial charge is 0.760 e. The molecule has 0 spiro atoms. The summed E-state index contributed by atoms with van der Waals surface area (Å²) in [6, 6.07) is 9.61. The van der Waals surface area contributed by atoms with Crippen LogP contribution in [0.2, 0.25) is 0 Å². The standard InChI is InChI=1S/C8H12N2O2S/c11-13(12)10-7-6-9-8-4-2-1-3-5-8/h1-5,9-10H,6-7H2,(H,11,12)/p-1. The minimum atomic E-state index is -2.16. The first-order chi connectivity index (χ1) is 6.29. The highest BCUT2D eigenvalue weighted by Crippen LogP contribution is 2.03. The Morgan fingerprint density at radius 1 is 1.23 bits per heavy atom. The van der Waals surface area contributed by atoms with Gasteiger partial charge in [-0.2, -0.15) is 0 Å². The lowest BCUT2D eigenvalue weighted by molar-refractivity contribution is 0.524. The Labute approximate surface area is 79.8 Å². The van der Waals surface area contributed by atoms with E-state index in [-0.39, 0.29) is 0 Å². The quantitative estimate of drug-likeness (QED) is 0.535. The highest BCUT2D eigenvalue weighted by atomic mass is 32.2. The van der Waals surface area contributed by atoms with Crippen molar-refractivity contribution < 1.29 is 8.76 Å². The Hall–Kier alpha value is -0.910. The summed E-state index contributed by atoms with van der Waals surface area (Å²) in [5.41, 5.74) is 0.987. The average molecular weight is 199 g/mol. The fourth-order valence-corrected chi connectivity index (χ4v) is 1.17. The summed E-state index contributed by atoms with van der Waals surface area (Å²) in [6.07, 6.45) is 0. The van der Waals surface area contributed by atoms with Crippen molar-refractivity contribution in [1.29, 1.82) is 0 Å². The molecule has 0 amide bonds. The molecule has 4 nitrogen and oxygen atoms in total. The number of hydrogen-bond donors (Lipinski definition) is 2. The van der Waals surface area contributed by atoms with Crippen LogP contribution in [-0.2, 0) is 11.3 Å². The first-order valence-corrected chi connectivity index (χ1v) is 4.98. The third-order valence-corrected chi connectivity index (χ3v) is 1.89. The van der Waals surface area contributed by atoms with E-state index in [1.807, 2.05) is 30.3 Å². The van der Waals surface area contributed by atoms with E-state index in [1.54, 1.807) is 0 Å². The van der Waals surface area contributed by atoms with Crippen LogP contribution < -0.4 is 10.0 Å². The molecule has 0 aliphatic heterocycles. The van der Waals surface area contributed by atoms with Crippen LogP contribution in [0.5, 0.6) is 0 Å². The lowest BCUT2D eigenvalue weighted by atomic mass is 10.3. The maximum absolute atomic E-state index is 10.1. The molecule has 0 heterocycles. The smallest absolute Gasteiger partial charge is 0.0340 e. The van der Waals surface area contributed by atoms with Gasteiger partial charge in [-0.3, -0.25) is 4.21 Å². The fourth-order valence-electron chi connectivity index (χ4n) is 0.897. The van der Waals surface area contributed by atoms with E-state index in [4.69, 9.17) is 0 Å². The van der Waals surface area contributed by atoms with Crippen molar-refractivity contribution in [2.45, 2.75) is 0 Å². The number of nitrogens with one attached hydrogen (secondary N) is 2. The van der Waals surface area contributed by atoms with Gasteiger partial charge in [-0.05, 0) is 12.1 Å². The molecule has 0 saturated carbocycles. The molecule has 72 valence electrons. The van der Waals surface area contributed by atoms with Gasteiger partial charge >= 0.3 is 0 Å². The Balaban J connectivity index is 2.17. The van der Waals surface area contributed by atoms with Crippen LogP contribution in [0.15, 0.2) is 30.3 Å². The topological polar surface area (TPSA) is 64.2 Å². The molecule has 5 heteroatoms. The van der Waals surface area contributed by atoms with E-state index in [1.165, 1.54) is 0 Å². The molecule has 1 unspecified atom stereocenters. The van der Waals surface area contributed by atoms with E-state index in [0.717, 1.165) is 5.69 Å². The summed E-state index contributed by atoms with van der Waals surface area (Å²) >= 11 is -2.16. The highest BCUT2D eigenvalue weighted by molar-refractivity contribution is 7.77. The fraction of sp³-hybridized carbons (Fsp3) is 0.250. The van der Waals surface area contributed by atoms with E-state index in [0.29, 0.717) is 13.1 Å². The SMILES string of the molecule is O=S([O-])NCCNc1ccccc1. The van der Waals surface area contributed by atoms with Crippen molar-refractivity contribution in [3.05, 3.63) is 30.3 Å². The average Bonchev–Trinajstić information content (AvgIpc) is 2.14. The second-order valence-corrected chi connectivity index (χ2v) is 3.18. The summed E-state index contributed by atoms with van der Waals surface area (Å²) in [6.45, 7) is 0.975. The highest BCUT2D eigenvalue weighted by Gasteiger charge is 1.88. The van der Waals surface area contributed by atoms with Gasteiger partial charge in [0.25, 0.3) is 0 Å². The molecule has 0 radical (unpaired) electrons. The molecule has 0 aliphatic carbocycles. The molecule has 1 rings (SSSR count). The molecular weight excluding hydrogens is 188 g/mol. The predicted octanol–water partition coefficient (Wildman–Crippen LogP) is 0.482. The van der Waals surface area contributed by atoms with E-state index in [9.17, 15) is 8.76 Å². The Morgan fingerprint density at radius 3 is 2.54 bits per heavy atom. The Morgan fingerprint density at radius 2 is 1.92 bits per heavy atom. The Kier molecular flexibility index (Phi) is 4.45. The van der Waals surface area contributed by atoms with Crippen LogP contribution in [0.4, 0.5) is 5.69 Å².